The number of nitrogens with two attached hydrogens (primary N) is 1. The molecule has 94 valence electrons. The minimum Gasteiger partial charge on any atom is -0.464 e. The standard InChI is InChI=1S/C12H23NO2S/c1-2-3-9-15-11(14)12(13,16)10-7-5-4-6-8-10/h10,16H,2-9,13H2,1H3. The molecule has 0 bridgehead atoms. The molecule has 0 saturated heterocycles. The molecular weight excluding hydrogens is 222 g/mol. The molecule has 0 aromatic carbocycles. The highest BCUT2D eigenvalue weighted by Crippen LogP contribution is 2.34. The molecule has 1 aliphatic carbocycles. The second kappa shape index (κ2) is 6.50. The summed E-state index contributed by atoms with van der Waals surface area (Å²) in [6.07, 6.45) is 7.41. The van der Waals surface area contributed by atoms with Gasteiger partial charge in [0, 0.05) is 0 Å². The number of rotatable bonds is 5. The van der Waals surface area contributed by atoms with Crippen LogP contribution in [0.15, 0.2) is 0 Å². The Kier molecular flexibility index (Phi) is 5.62. The number of ether oxygens (including phenoxy) is 1. The molecule has 4 heteroatoms. The van der Waals surface area contributed by atoms with E-state index in [1.807, 2.05) is 0 Å². The van der Waals surface area contributed by atoms with Gasteiger partial charge in [-0.15, -0.1) is 12.6 Å². The fourth-order valence-corrected chi connectivity index (χ4v) is 2.46. The number of thiol groups is 1. The normalized spacial score (nSPS) is 21.4. The summed E-state index contributed by atoms with van der Waals surface area (Å²) in [6, 6.07) is 0. The van der Waals surface area contributed by atoms with Crippen LogP contribution in [-0.2, 0) is 9.53 Å². The van der Waals surface area contributed by atoms with Gasteiger partial charge in [0.2, 0.25) is 0 Å². The molecule has 3 nitrogen and oxygen atoms in total. The second-order valence-electron chi connectivity index (χ2n) is 4.65. The summed E-state index contributed by atoms with van der Waals surface area (Å²) in [5.41, 5.74) is 6.01. The molecule has 1 rings (SSSR count). The van der Waals surface area contributed by atoms with E-state index in [9.17, 15) is 4.79 Å². The van der Waals surface area contributed by atoms with Crippen molar-refractivity contribution in [3.63, 3.8) is 0 Å². The first-order chi connectivity index (χ1) is 7.59. The van der Waals surface area contributed by atoms with Gasteiger partial charge >= 0.3 is 5.97 Å². The zero-order valence-electron chi connectivity index (χ0n) is 10.1. The molecular formula is C12H23NO2S. The van der Waals surface area contributed by atoms with Crippen molar-refractivity contribution in [1.29, 1.82) is 0 Å². The maximum atomic E-state index is 11.8. The molecule has 0 radical (unpaired) electrons. The Morgan fingerprint density at radius 2 is 2.06 bits per heavy atom. The van der Waals surface area contributed by atoms with Gasteiger partial charge in [0.15, 0.2) is 4.87 Å². The molecule has 16 heavy (non-hydrogen) atoms. The van der Waals surface area contributed by atoms with Gasteiger partial charge in [0.1, 0.15) is 0 Å². The lowest BCUT2D eigenvalue weighted by molar-refractivity contribution is -0.148. The van der Waals surface area contributed by atoms with Crippen LogP contribution < -0.4 is 5.73 Å². The monoisotopic (exact) mass is 245 g/mol. The molecule has 1 saturated carbocycles. The van der Waals surface area contributed by atoms with E-state index in [0.29, 0.717) is 6.61 Å². The maximum Gasteiger partial charge on any atom is 0.336 e. The molecule has 1 unspecified atom stereocenters. The fraction of sp³-hybridized carbons (Fsp3) is 0.917. The van der Waals surface area contributed by atoms with E-state index >= 15 is 0 Å². The molecule has 0 amide bonds. The average molecular weight is 245 g/mol. The topological polar surface area (TPSA) is 52.3 Å². The van der Waals surface area contributed by atoms with Crippen molar-refractivity contribution < 1.29 is 9.53 Å². The molecule has 1 fully saturated rings. The molecule has 0 spiro atoms. The summed E-state index contributed by atoms with van der Waals surface area (Å²) in [6.45, 7) is 2.52. The molecule has 0 aromatic heterocycles. The van der Waals surface area contributed by atoms with E-state index in [2.05, 4.69) is 19.6 Å². The Labute approximate surface area is 104 Å². The van der Waals surface area contributed by atoms with Crippen molar-refractivity contribution in [2.24, 2.45) is 11.7 Å². The maximum absolute atomic E-state index is 11.8. The van der Waals surface area contributed by atoms with Crippen molar-refractivity contribution in [2.75, 3.05) is 6.61 Å². The number of carbonyl (C=O) groups excluding carboxylic acids is 1. The number of hydrogen-bond acceptors (Lipinski definition) is 4. The molecule has 0 aliphatic heterocycles. The zero-order valence-corrected chi connectivity index (χ0v) is 11.0. The van der Waals surface area contributed by atoms with Gasteiger partial charge < -0.3 is 10.5 Å². The number of carbonyl (C=O) groups is 1. The lowest BCUT2D eigenvalue weighted by Crippen LogP contribution is -2.50. The quantitative estimate of drug-likeness (QED) is 0.339. The Bertz CT molecular complexity index is 225. The van der Waals surface area contributed by atoms with Crippen molar-refractivity contribution in [1.82, 2.24) is 0 Å². The summed E-state index contributed by atoms with van der Waals surface area (Å²) in [7, 11) is 0. The van der Waals surface area contributed by atoms with Crippen molar-refractivity contribution >= 4 is 18.6 Å². The summed E-state index contributed by atoms with van der Waals surface area (Å²) >= 11 is 4.33. The minimum absolute atomic E-state index is 0.165. The fourth-order valence-electron chi connectivity index (χ4n) is 2.13. The number of esters is 1. The third-order valence-corrected chi connectivity index (χ3v) is 3.83. The lowest BCUT2D eigenvalue weighted by Gasteiger charge is -2.33. The van der Waals surface area contributed by atoms with Crippen molar-refractivity contribution in [3.8, 4) is 0 Å². The van der Waals surface area contributed by atoms with Gasteiger partial charge in [-0.3, -0.25) is 0 Å². The smallest absolute Gasteiger partial charge is 0.336 e. The molecule has 1 aliphatic rings. The van der Waals surface area contributed by atoms with Crippen LogP contribution in [0.3, 0.4) is 0 Å². The van der Waals surface area contributed by atoms with E-state index in [1.54, 1.807) is 0 Å². The zero-order chi connectivity index (χ0) is 12.0. The SMILES string of the molecule is CCCCOC(=O)C(N)(S)C1CCCCC1. The molecule has 2 N–H and O–H groups in total. The van der Waals surface area contributed by atoms with Gasteiger partial charge in [-0.1, -0.05) is 32.6 Å². The predicted molar refractivity (Wildman–Crippen MR) is 68.3 cm³/mol. The van der Waals surface area contributed by atoms with Crippen LogP contribution in [-0.4, -0.2) is 17.4 Å². The van der Waals surface area contributed by atoms with E-state index in [-0.39, 0.29) is 11.9 Å². The van der Waals surface area contributed by atoms with Crippen LogP contribution in [0.5, 0.6) is 0 Å². The van der Waals surface area contributed by atoms with Crippen LogP contribution in [0.1, 0.15) is 51.9 Å². The van der Waals surface area contributed by atoms with Gasteiger partial charge in [0.25, 0.3) is 0 Å². The first-order valence-electron chi connectivity index (χ1n) is 6.27. The van der Waals surface area contributed by atoms with Crippen LogP contribution >= 0.6 is 12.6 Å². The Morgan fingerprint density at radius 1 is 1.44 bits per heavy atom. The van der Waals surface area contributed by atoms with E-state index in [1.165, 1.54) is 6.42 Å². The van der Waals surface area contributed by atoms with E-state index in [4.69, 9.17) is 10.5 Å². The minimum atomic E-state index is -1.09. The molecule has 0 aromatic rings. The van der Waals surface area contributed by atoms with Crippen LogP contribution in [0.4, 0.5) is 0 Å². The summed E-state index contributed by atoms with van der Waals surface area (Å²) in [4.78, 5) is 10.7. The predicted octanol–water partition coefficient (Wildman–Crippen LogP) is 2.49. The van der Waals surface area contributed by atoms with Crippen LogP contribution in [0.2, 0.25) is 0 Å². The highest BCUT2D eigenvalue weighted by atomic mass is 32.1. The largest absolute Gasteiger partial charge is 0.464 e. The van der Waals surface area contributed by atoms with E-state index < -0.39 is 4.87 Å². The van der Waals surface area contributed by atoms with Gasteiger partial charge in [-0.05, 0) is 25.2 Å². The third-order valence-electron chi connectivity index (χ3n) is 3.29. The van der Waals surface area contributed by atoms with Crippen molar-refractivity contribution in [2.45, 2.75) is 56.7 Å². The Hall–Kier alpha value is -0.220. The third kappa shape index (κ3) is 3.67. The lowest BCUT2D eigenvalue weighted by atomic mass is 9.84. The number of unbranched alkanes of at least 4 members (excludes halogenated alkanes) is 1. The van der Waals surface area contributed by atoms with Crippen molar-refractivity contribution in [3.05, 3.63) is 0 Å². The molecule has 1 atom stereocenters. The average Bonchev–Trinajstić information content (AvgIpc) is 2.30. The number of hydrogen-bond donors (Lipinski definition) is 2. The highest BCUT2D eigenvalue weighted by molar-refractivity contribution is 7.82. The highest BCUT2D eigenvalue weighted by Gasteiger charge is 2.40. The van der Waals surface area contributed by atoms with E-state index in [0.717, 1.165) is 38.5 Å². The Morgan fingerprint density at radius 3 is 2.62 bits per heavy atom. The first kappa shape index (κ1) is 13.8. The Balaban J connectivity index is 2.43. The van der Waals surface area contributed by atoms with Gasteiger partial charge in [-0.2, -0.15) is 0 Å². The summed E-state index contributed by atoms with van der Waals surface area (Å²) in [5.74, 6) is -0.185. The first-order valence-corrected chi connectivity index (χ1v) is 6.72. The van der Waals surface area contributed by atoms with Gasteiger partial charge in [-0.25, -0.2) is 4.79 Å². The van der Waals surface area contributed by atoms with Crippen LogP contribution in [0.25, 0.3) is 0 Å². The second-order valence-corrected chi connectivity index (χ2v) is 5.39. The van der Waals surface area contributed by atoms with Gasteiger partial charge in [0.05, 0.1) is 6.61 Å². The summed E-state index contributed by atoms with van der Waals surface area (Å²) < 4.78 is 5.16. The van der Waals surface area contributed by atoms with Crippen LogP contribution in [0, 0.1) is 5.92 Å². The summed E-state index contributed by atoms with van der Waals surface area (Å²) in [5, 5.41) is 0. The molecule has 0 heterocycles.